The summed E-state index contributed by atoms with van der Waals surface area (Å²) in [5.74, 6) is 0.270. The lowest BCUT2D eigenvalue weighted by atomic mass is 10.2. The van der Waals surface area contributed by atoms with Crippen molar-refractivity contribution in [3.8, 4) is 0 Å². The monoisotopic (exact) mass is 300 g/mol. The van der Waals surface area contributed by atoms with Crippen LogP contribution >= 0.6 is 12.2 Å². The van der Waals surface area contributed by atoms with Gasteiger partial charge in [-0.25, -0.2) is 0 Å². The Hall–Kier alpha value is -2.67. The van der Waals surface area contributed by atoms with Gasteiger partial charge in [0.25, 0.3) is 5.91 Å². The molecule has 0 aliphatic rings. The average Bonchev–Trinajstić information content (AvgIpc) is 3.03. The number of nitrogens with two attached hydrogens (primary N) is 1. The molecule has 0 fully saturated rings. The van der Waals surface area contributed by atoms with Crippen molar-refractivity contribution in [1.82, 2.24) is 9.78 Å². The van der Waals surface area contributed by atoms with Crippen LogP contribution in [0.3, 0.4) is 0 Å². The van der Waals surface area contributed by atoms with E-state index in [1.807, 2.05) is 18.2 Å². The molecule has 0 aliphatic heterocycles. The summed E-state index contributed by atoms with van der Waals surface area (Å²) in [6.07, 6.45) is 1.51. The van der Waals surface area contributed by atoms with Crippen molar-refractivity contribution >= 4 is 39.9 Å². The van der Waals surface area contributed by atoms with Gasteiger partial charge >= 0.3 is 0 Å². The van der Waals surface area contributed by atoms with E-state index in [1.54, 1.807) is 19.2 Å². The van der Waals surface area contributed by atoms with E-state index in [0.29, 0.717) is 17.0 Å². The van der Waals surface area contributed by atoms with Gasteiger partial charge in [0.05, 0.1) is 11.8 Å². The van der Waals surface area contributed by atoms with E-state index in [1.165, 1.54) is 10.9 Å². The van der Waals surface area contributed by atoms with Gasteiger partial charge in [-0.3, -0.25) is 9.48 Å². The van der Waals surface area contributed by atoms with E-state index in [-0.39, 0.29) is 16.7 Å². The molecule has 0 unspecified atom stereocenters. The quantitative estimate of drug-likeness (QED) is 0.723. The van der Waals surface area contributed by atoms with Crippen LogP contribution in [0.1, 0.15) is 16.1 Å². The molecule has 2 aromatic heterocycles. The third kappa shape index (κ3) is 2.38. The maximum atomic E-state index is 12.3. The molecule has 3 rings (SSSR count). The van der Waals surface area contributed by atoms with Crippen LogP contribution in [0.4, 0.5) is 5.82 Å². The zero-order valence-corrected chi connectivity index (χ0v) is 12.0. The number of fused-ring (bicyclic) bond motifs is 1. The second-order valence-corrected chi connectivity index (χ2v) is 4.94. The van der Waals surface area contributed by atoms with Crippen LogP contribution < -0.4 is 11.1 Å². The molecule has 0 aliphatic carbocycles. The van der Waals surface area contributed by atoms with Crippen molar-refractivity contribution < 1.29 is 9.21 Å². The Morgan fingerprint density at radius 3 is 2.90 bits per heavy atom. The molecule has 0 saturated carbocycles. The van der Waals surface area contributed by atoms with Gasteiger partial charge in [0.2, 0.25) is 0 Å². The Morgan fingerprint density at radius 2 is 2.19 bits per heavy atom. The van der Waals surface area contributed by atoms with E-state index in [4.69, 9.17) is 22.4 Å². The minimum absolute atomic E-state index is 0.169. The number of thiocarbonyl (C=S) groups is 1. The highest BCUT2D eigenvalue weighted by Gasteiger charge is 2.17. The second kappa shape index (κ2) is 5.02. The predicted molar refractivity (Wildman–Crippen MR) is 83.3 cm³/mol. The number of furan rings is 1. The number of nitrogens with one attached hydrogen (secondary N) is 1. The minimum Gasteiger partial charge on any atom is -0.451 e. The molecule has 0 saturated heterocycles. The van der Waals surface area contributed by atoms with Crippen molar-refractivity contribution in [3.63, 3.8) is 0 Å². The van der Waals surface area contributed by atoms with Gasteiger partial charge in [-0.1, -0.05) is 30.4 Å². The fraction of sp³-hybridized carbons (Fsp3) is 0.0714. The lowest BCUT2D eigenvalue weighted by molar-refractivity contribution is 0.0998. The fourth-order valence-corrected chi connectivity index (χ4v) is 2.18. The van der Waals surface area contributed by atoms with Crippen LogP contribution in [0, 0.1) is 0 Å². The summed E-state index contributed by atoms with van der Waals surface area (Å²) < 4.78 is 7.01. The molecule has 0 bridgehead atoms. The first-order valence-electron chi connectivity index (χ1n) is 6.18. The molecule has 106 valence electrons. The number of rotatable bonds is 3. The third-order valence-corrected chi connectivity index (χ3v) is 3.31. The molecule has 2 heterocycles. The zero-order chi connectivity index (χ0) is 15.0. The first-order valence-corrected chi connectivity index (χ1v) is 6.59. The van der Waals surface area contributed by atoms with Crippen LogP contribution in [0.5, 0.6) is 0 Å². The largest absolute Gasteiger partial charge is 0.451 e. The molecule has 1 amide bonds. The summed E-state index contributed by atoms with van der Waals surface area (Å²) in [4.78, 5) is 12.4. The number of aryl methyl sites for hydroxylation is 1. The Labute approximate surface area is 125 Å². The maximum absolute atomic E-state index is 12.3. The van der Waals surface area contributed by atoms with Crippen molar-refractivity contribution in [1.29, 1.82) is 0 Å². The van der Waals surface area contributed by atoms with Crippen LogP contribution in [0.2, 0.25) is 0 Å². The zero-order valence-electron chi connectivity index (χ0n) is 11.2. The summed E-state index contributed by atoms with van der Waals surface area (Å²) >= 11 is 4.93. The summed E-state index contributed by atoms with van der Waals surface area (Å²) in [6.45, 7) is 0. The Balaban J connectivity index is 1.93. The van der Waals surface area contributed by atoms with Crippen LogP contribution in [0.25, 0.3) is 11.0 Å². The molecule has 3 aromatic rings. The Bertz CT molecular complexity index is 817. The highest BCUT2D eigenvalue weighted by molar-refractivity contribution is 7.80. The Morgan fingerprint density at radius 1 is 1.43 bits per heavy atom. The number of hydrogen-bond donors (Lipinski definition) is 2. The van der Waals surface area contributed by atoms with Crippen molar-refractivity contribution in [2.75, 3.05) is 5.32 Å². The molecule has 6 nitrogen and oxygen atoms in total. The lowest BCUT2D eigenvalue weighted by Crippen LogP contribution is -2.18. The van der Waals surface area contributed by atoms with Gasteiger partial charge in [0.15, 0.2) is 5.76 Å². The van der Waals surface area contributed by atoms with E-state index < -0.39 is 0 Å². The molecule has 1 aromatic carbocycles. The molecule has 0 atom stereocenters. The van der Waals surface area contributed by atoms with Crippen LogP contribution in [0.15, 0.2) is 40.9 Å². The topological polar surface area (TPSA) is 86.1 Å². The summed E-state index contributed by atoms with van der Waals surface area (Å²) in [5, 5.41) is 7.61. The normalized spacial score (nSPS) is 10.7. The van der Waals surface area contributed by atoms with Gasteiger partial charge in [-0.15, -0.1) is 0 Å². The number of amides is 1. The summed E-state index contributed by atoms with van der Waals surface area (Å²) in [7, 11) is 1.69. The number of aromatic nitrogens is 2. The molecule has 21 heavy (non-hydrogen) atoms. The second-order valence-electron chi connectivity index (χ2n) is 4.50. The first-order chi connectivity index (χ1) is 10.1. The number of carbonyl (C=O) groups excluding carboxylic acids is 1. The number of anilines is 1. The number of hydrogen-bond acceptors (Lipinski definition) is 4. The van der Waals surface area contributed by atoms with Crippen molar-refractivity contribution in [2.45, 2.75) is 0 Å². The van der Waals surface area contributed by atoms with E-state index in [2.05, 4.69) is 10.4 Å². The molecule has 7 heteroatoms. The fourth-order valence-electron chi connectivity index (χ4n) is 2.03. The average molecular weight is 300 g/mol. The predicted octanol–water partition coefficient (Wildman–Crippen LogP) is 2.05. The van der Waals surface area contributed by atoms with Gasteiger partial charge in [-0.2, -0.15) is 5.10 Å². The highest BCUT2D eigenvalue weighted by Crippen LogP contribution is 2.21. The first kappa shape index (κ1) is 13.3. The standard InChI is InChI=1S/C14H12N4O2S/c1-18-13(9(7-16-18)12(15)21)17-14(19)11-6-8-4-2-3-5-10(8)20-11/h2-7H,1H3,(H2,15,21)(H,17,19). The van der Waals surface area contributed by atoms with E-state index in [9.17, 15) is 4.79 Å². The molecule has 0 spiro atoms. The number of carbonyl (C=O) groups is 1. The Kier molecular flexibility index (Phi) is 3.19. The highest BCUT2D eigenvalue weighted by atomic mass is 32.1. The van der Waals surface area contributed by atoms with Gasteiger partial charge in [0.1, 0.15) is 16.4 Å². The van der Waals surface area contributed by atoms with Crippen molar-refractivity contribution in [2.24, 2.45) is 12.8 Å². The van der Waals surface area contributed by atoms with E-state index in [0.717, 1.165) is 5.39 Å². The SMILES string of the molecule is Cn1ncc(C(N)=S)c1NC(=O)c1cc2ccccc2o1. The summed E-state index contributed by atoms with van der Waals surface area (Å²) in [6, 6.07) is 9.09. The number of benzene rings is 1. The number of nitrogens with zero attached hydrogens (tertiary/aromatic N) is 2. The van der Waals surface area contributed by atoms with Crippen LogP contribution in [-0.4, -0.2) is 20.7 Å². The summed E-state index contributed by atoms with van der Waals surface area (Å²) in [5.41, 5.74) is 6.77. The smallest absolute Gasteiger partial charge is 0.292 e. The van der Waals surface area contributed by atoms with E-state index >= 15 is 0 Å². The van der Waals surface area contributed by atoms with Gasteiger partial charge in [0, 0.05) is 12.4 Å². The van der Waals surface area contributed by atoms with Gasteiger partial charge < -0.3 is 15.5 Å². The third-order valence-electron chi connectivity index (χ3n) is 3.09. The van der Waals surface area contributed by atoms with Gasteiger partial charge in [-0.05, 0) is 12.1 Å². The molecular weight excluding hydrogens is 288 g/mol. The lowest BCUT2D eigenvalue weighted by Gasteiger charge is -2.06. The number of para-hydroxylation sites is 1. The van der Waals surface area contributed by atoms with Crippen molar-refractivity contribution in [3.05, 3.63) is 47.9 Å². The minimum atomic E-state index is -0.382. The molecular formula is C14H12N4O2S. The molecule has 0 radical (unpaired) electrons. The van der Waals surface area contributed by atoms with Crippen LogP contribution in [-0.2, 0) is 7.05 Å². The molecule has 3 N–H and O–H groups in total. The maximum Gasteiger partial charge on any atom is 0.292 e.